The quantitative estimate of drug-likeness (QED) is 0.761. The van der Waals surface area contributed by atoms with Crippen molar-refractivity contribution in [3.63, 3.8) is 0 Å². The Morgan fingerprint density at radius 3 is 2.67 bits per heavy atom. The van der Waals surface area contributed by atoms with Gasteiger partial charge < -0.3 is 19.5 Å². The predicted molar refractivity (Wildman–Crippen MR) is 109 cm³/mol. The lowest BCUT2D eigenvalue weighted by Crippen LogP contribution is -2.32. The van der Waals surface area contributed by atoms with Crippen molar-refractivity contribution in [2.45, 2.75) is 38.8 Å². The molecule has 2 aromatic carbocycles. The van der Waals surface area contributed by atoms with E-state index in [2.05, 4.69) is 0 Å². The Hall–Kier alpha value is -3.02. The smallest absolute Gasteiger partial charge is 0.339 e. The largest absolute Gasteiger partial charge is 0.508 e. The number of phenolic OH excluding ortho intramolecular Hbond substituents is 1. The summed E-state index contributed by atoms with van der Waals surface area (Å²) in [5.74, 6) is 1.64. The first-order valence-electron chi connectivity index (χ1n) is 10.6. The van der Waals surface area contributed by atoms with Crippen LogP contribution in [0.4, 0.5) is 0 Å². The molecule has 156 valence electrons. The fraction of sp³-hybridized carbons (Fsp3) is 0.417. The van der Waals surface area contributed by atoms with Gasteiger partial charge in [0.25, 0.3) is 5.91 Å². The molecule has 6 nitrogen and oxygen atoms in total. The zero-order valence-corrected chi connectivity index (χ0v) is 16.8. The molecule has 3 aliphatic rings. The maximum atomic E-state index is 12.6. The number of aromatic hydroxyl groups is 1. The van der Waals surface area contributed by atoms with Crippen molar-refractivity contribution >= 4 is 11.9 Å². The van der Waals surface area contributed by atoms with Crippen molar-refractivity contribution in [3.05, 3.63) is 58.7 Å². The number of hydrogen-bond donors (Lipinski definition) is 1. The first-order valence-corrected chi connectivity index (χ1v) is 10.6. The Bertz CT molecular complexity index is 993. The number of phenols is 1. The third kappa shape index (κ3) is 3.51. The number of cyclic esters (lactones) is 1. The summed E-state index contributed by atoms with van der Waals surface area (Å²) < 4.78 is 11.2. The van der Waals surface area contributed by atoms with Crippen molar-refractivity contribution in [1.82, 2.24) is 4.90 Å². The van der Waals surface area contributed by atoms with E-state index < -0.39 is 0 Å². The van der Waals surface area contributed by atoms with E-state index >= 15 is 0 Å². The predicted octanol–water partition coefficient (Wildman–Crippen LogP) is 3.90. The van der Waals surface area contributed by atoms with Crippen LogP contribution < -0.4 is 4.74 Å². The highest BCUT2D eigenvalue weighted by Gasteiger charge is 2.31. The number of hydrogen-bond acceptors (Lipinski definition) is 5. The van der Waals surface area contributed by atoms with Gasteiger partial charge >= 0.3 is 5.97 Å². The summed E-state index contributed by atoms with van der Waals surface area (Å²) in [6.07, 6.45) is 4.30. The van der Waals surface area contributed by atoms with Crippen molar-refractivity contribution < 1.29 is 24.2 Å². The summed E-state index contributed by atoms with van der Waals surface area (Å²) in [7, 11) is 0. The monoisotopic (exact) mass is 407 g/mol. The molecule has 0 unspecified atom stereocenters. The number of esters is 1. The molecule has 0 bridgehead atoms. The highest BCUT2D eigenvalue weighted by Crippen LogP contribution is 2.34. The fourth-order valence-corrected chi connectivity index (χ4v) is 4.85. The first kappa shape index (κ1) is 19.0. The molecule has 0 radical (unpaired) electrons. The third-order valence-electron chi connectivity index (χ3n) is 6.59. The Labute approximate surface area is 175 Å². The Morgan fingerprint density at radius 1 is 1.03 bits per heavy atom. The number of carbonyl (C=O) groups excluding carboxylic acids is 2. The van der Waals surface area contributed by atoms with Crippen LogP contribution in [-0.2, 0) is 17.9 Å². The normalized spacial score (nSPS) is 22.6. The van der Waals surface area contributed by atoms with Crippen molar-refractivity contribution in [3.8, 4) is 11.5 Å². The Balaban J connectivity index is 1.12. The third-order valence-corrected chi connectivity index (χ3v) is 6.59. The molecule has 0 spiro atoms. The number of amides is 1. The second kappa shape index (κ2) is 7.67. The lowest BCUT2D eigenvalue weighted by molar-refractivity contribution is 0.0533. The van der Waals surface area contributed by atoms with Gasteiger partial charge in [-0.2, -0.15) is 0 Å². The molecular formula is C24H25NO5. The minimum absolute atomic E-state index is 0.0288. The average Bonchev–Trinajstić information content (AvgIpc) is 3.28. The number of rotatable bonds is 5. The van der Waals surface area contributed by atoms with Crippen molar-refractivity contribution in [1.29, 1.82) is 0 Å². The summed E-state index contributed by atoms with van der Waals surface area (Å²) in [5, 5.41) is 9.64. The van der Waals surface area contributed by atoms with E-state index in [-0.39, 0.29) is 17.6 Å². The minimum Gasteiger partial charge on any atom is -0.508 e. The van der Waals surface area contributed by atoms with Gasteiger partial charge in [0.2, 0.25) is 0 Å². The summed E-state index contributed by atoms with van der Waals surface area (Å²) in [5.41, 5.74) is 3.10. The fourth-order valence-electron chi connectivity index (χ4n) is 4.85. The average molecular weight is 407 g/mol. The lowest BCUT2D eigenvalue weighted by atomic mass is 9.82. The van der Waals surface area contributed by atoms with Gasteiger partial charge in [-0.25, -0.2) is 4.79 Å². The molecule has 2 aromatic rings. The molecule has 1 N–H and O–H groups in total. The molecular weight excluding hydrogens is 382 g/mol. The number of ether oxygens (including phenoxy) is 2. The topological polar surface area (TPSA) is 76.1 Å². The summed E-state index contributed by atoms with van der Waals surface area (Å²) in [6, 6.07) is 10.6. The molecule has 0 aromatic heterocycles. The summed E-state index contributed by atoms with van der Waals surface area (Å²) in [4.78, 5) is 26.2. The van der Waals surface area contributed by atoms with Gasteiger partial charge in [-0.1, -0.05) is 12.1 Å². The van der Waals surface area contributed by atoms with Crippen LogP contribution in [0.3, 0.4) is 0 Å². The maximum Gasteiger partial charge on any atom is 0.339 e. The molecule has 5 rings (SSSR count). The highest BCUT2D eigenvalue weighted by molar-refractivity contribution is 5.98. The van der Waals surface area contributed by atoms with Crippen LogP contribution in [0.2, 0.25) is 0 Å². The minimum atomic E-state index is -0.273. The van der Waals surface area contributed by atoms with E-state index in [1.54, 1.807) is 18.2 Å². The molecule has 1 saturated carbocycles. The van der Waals surface area contributed by atoms with Crippen LogP contribution in [0.1, 0.15) is 57.5 Å². The molecule has 2 aliphatic heterocycles. The van der Waals surface area contributed by atoms with Crippen LogP contribution in [0.25, 0.3) is 0 Å². The molecule has 0 saturated heterocycles. The number of benzene rings is 2. The molecule has 30 heavy (non-hydrogen) atoms. The second-order valence-corrected chi connectivity index (χ2v) is 8.58. The van der Waals surface area contributed by atoms with Crippen LogP contribution in [0, 0.1) is 11.8 Å². The van der Waals surface area contributed by atoms with Crippen molar-refractivity contribution in [2.75, 3.05) is 13.2 Å². The van der Waals surface area contributed by atoms with E-state index in [1.807, 2.05) is 23.1 Å². The molecule has 0 atom stereocenters. The second-order valence-electron chi connectivity index (χ2n) is 8.58. The molecule has 1 aliphatic carbocycles. The molecule has 1 fully saturated rings. The lowest BCUT2D eigenvalue weighted by Gasteiger charge is -2.31. The summed E-state index contributed by atoms with van der Waals surface area (Å²) >= 11 is 0. The molecule has 2 heterocycles. The number of fused-ring (bicyclic) bond motifs is 2. The SMILES string of the molecule is O=C1OCc2c(OCC3CCC(CN4Cc5ccc(O)cc5C4=O)CC3)cccc21. The standard InChI is InChI=1S/C24H25NO5/c26-18-9-8-17-12-25(23(27)20(17)10-18)11-15-4-6-16(7-5-15)13-29-22-3-1-2-19-21(22)14-30-24(19)28/h1-3,8-10,15-16,26H,4-7,11-14H2. The van der Waals surface area contributed by atoms with Gasteiger partial charge in [-0.3, -0.25) is 4.79 Å². The van der Waals surface area contributed by atoms with E-state index in [4.69, 9.17) is 9.47 Å². The van der Waals surface area contributed by atoms with E-state index in [1.165, 1.54) is 0 Å². The van der Waals surface area contributed by atoms with E-state index in [0.29, 0.717) is 42.7 Å². The number of carbonyl (C=O) groups is 2. The maximum absolute atomic E-state index is 12.6. The zero-order valence-electron chi connectivity index (χ0n) is 16.8. The van der Waals surface area contributed by atoms with Crippen LogP contribution >= 0.6 is 0 Å². The summed E-state index contributed by atoms with van der Waals surface area (Å²) in [6.45, 7) is 2.34. The molecule has 6 heteroatoms. The van der Waals surface area contributed by atoms with Crippen LogP contribution in [-0.4, -0.2) is 35.0 Å². The van der Waals surface area contributed by atoms with E-state index in [9.17, 15) is 14.7 Å². The van der Waals surface area contributed by atoms with Gasteiger partial charge in [-0.05, 0) is 67.3 Å². The van der Waals surface area contributed by atoms with Gasteiger partial charge in [0, 0.05) is 24.2 Å². The zero-order chi connectivity index (χ0) is 20.7. The van der Waals surface area contributed by atoms with Gasteiger partial charge in [-0.15, -0.1) is 0 Å². The van der Waals surface area contributed by atoms with Crippen LogP contribution in [0.15, 0.2) is 36.4 Å². The highest BCUT2D eigenvalue weighted by atomic mass is 16.5. The van der Waals surface area contributed by atoms with Gasteiger partial charge in [0.15, 0.2) is 0 Å². The Morgan fingerprint density at radius 2 is 1.83 bits per heavy atom. The molecule has 1 amide bonds. The number of nitrogens with zero attached hydrogens (tertiary/aromatic N) is 1. The van der Waals surface area contributed by atoms with Crippen molar-refractivity contribution in [2.24, 2.45) is 11.8 Å². The Kier molecular flexibility index (Phi) is 4.85. The first-order chi connectivity index (χ1) is 14.6. The van der Waals surface area contributed by atoms with Crippen LogP contribution in [0.5, 0.6) is 11.5 Å². The van der Waals surface area contributed by atoms with Gasteiger partial charge in [0.05, 0.1) is 12.2 Å². The van der Waals surface area contributed by atoms with Gasteiger partial charge in [0.1, 0.15) is 18.1 Å². The van der Waals surface area contributed by atoms with E-state index in [0.717, 1.165) is 49.1 Å².